The van der Waals surface area contributed by atoms with Crippen molar-refractivity contribution >= 4 is 22.4 Å². The molecule has 20 heavy (non-hydrogen) atoms. The molecule has 7 heteroatoms. The molecular weight excluding hydrogens is 278 g/mol. The van der Waals surface area contributed by atoms with Crippen molar-refractivity contribution in [3.8, 4) is 16.3 Å². The molecule has 0 atom stereocenters. The summed E-state index contributed by atoms with van der Waals surface area (Å²) >= 11 is 1.34. The van der Waals surface area contributed by atoms with E-state index in [0.29, 0.717) is 5.13 Å². The summed E-state index contributed by atoms with van der Waals surface area (Å²) in [4.78, 5) is 13.1. The van der Waals surface area contributed by atoms with E-state index in [4.69, 9.17) is 9.47 Å². The van der Waals surface area contributed by atoms with Crippen LogP contribution in [0.2, 0.25) is 0 Å². The second-order valence-corrected chi connectivity index (χ2v) is 4.96. The summed E-state index contributed by atoms with van der Waals surface area (Å²) in [5.41, 5.74) is 0.903. The van der Waals surface area contributed by atoms with Crippen molar-refractivity contribution in [2.45, 2.75) is 0 Å². The van der Waals surface area contributed by atoms with Crippen LogP contribution in [0.15, 0.2) is 24.3 Å². The normalized spacial score (nSPS) is 10.3. The van der Waals surface area contributed by atoms with Crippen LogP contribution in [0.1, 0.15) is 0 Å². The Morgan fingerprint density at radius 2 is 2.15 bits per heavy atom. The maximum Gasteiger partial charge on any atom is 0.254 e. The molecule has 1 heterocycles. The molecule has 0 N–H and O–H groups in total. The van der Waals surface area contributed by atoms with Crippen LogP contribution >= 0.6 is 11.3 Å². The van der Waals surface area contributed by atoms with Gasteiger partial charge in [-0.15, -0.1) is 10.2 Å². The van der Waals surface area contributed by atoms with Crippen LogP contribution in [0.25, 0.3) is 10.6 Å². The summed E-state index contributed by atoms with van der Waals surface area (Å²) in [5, 5.41) is 9.40. The minimum Gasteiger partial charge on any atom is -0.497 e. The van der Waals surface area contributed by atoms with Gasteiger partial charge in [0.1, 0.15) is 17.4 Å². The SMILES string of the molecule is COCC(=O)N(C)c1nnc(-c2cccc(OC)c2)s1. The van der Waals surface area contributed by atoms with Gasteiger partial charge in [0.25, 0.3) is 5.91 Å². The molecule has 0 saturated heterocycles. The van der Waals surface area contributed by atoms with E-state index >= 15 is 0 Å². The Kier molecular flexibility index (Phi) is 4.65. The second-order valence-electron chi connectivity index (χ2n) is 4.01. The minimum absolute atomic E-state index is 0.0184. The highest BCUT2D eigenvalue weighted by atomic mass is 32.1. The molecule has 2 rings (SSSR count). The molecule has 1 aromatic carbocycles. The van der Waals surface area contributed by atoms with Gasteiger partial charge in [-0.2, -0.15) is 0 Å². The fourth-order valence-electron chi connectivity index (χ4n) is 1.55. The van der Waals surface area contributed by atoms with E-state index in [1.165, 1.54) is 23.3 Å². The number of carbonyl (C=O) groups excluding carboxylic acids is 1. The Labute approximate surface area is 121 Å². The largest absolute Gasteiger partial charge is 0.497 e. The summed E-state index contributed by atoms with van der Waals surface area (Å²) in [6, 6.07) is 7.54. The van der Waals surface area contributed by atoms with Crippen LogP contribution < -0.4 is 9.64 Å². The number of carbonyl (C=O) groups is 1. The Bertz CT molecular complexity index is 600. The van der Waals surface area contributed by atoms with E-state index in [1.54, 1.807) is 14.2 Å². The van der Waals surface area contributed by atoms with Gasteiger partial charge in [0, 0.05) is 19.7 Å². The zero-order valence-corrected chi connectivity index (χ0v) is 12.3. The average Bonchev–Trinajstić information content (AvgIpc) is 2.96. The molecule has 0 aliphatic carbocycles. The van der Waals surface area contributed by atoms with E-state index in [0.717, 1.165) is 16.3 Å². The third-order valence-electron chi connectivity index (χ3n) is 2.66. The van der Waals surface area contributed by atoms with Crippen LogP contribution in [0.5, 0.6) is 5.75 Å². The summed E-state index contributed by atoms with van der Waals surface area (Å²) in [5.74, 6) is 0.587. The molecule has 0 aliphatic rings. The molecular formula is C13H15N3O3S. The number of ether oxygens (including phenoxy) is 2. The van der Waals surface area contributed by atoms with Crippen molar-refractivity contribution < 1.29 is 14.3 Å². The van der Waals surface area contributed by atoms with E-state index < -0.39 is 0 Å². The minimum atomic E-state index is -0.166. The monoisotopic (exact) mass is 293 g/mol. The molecule has 0 fully saturated rings. The maximum atomic E-state index is 11.7. The number of rotatable bonds is 5. The van der Waals surface area contributed by atoms with E-state index in [9.17, 15) is 4.79 Å². The number of amides is 1. The molecule has 0 saturated carbocycles. The lowest BCUT2D eigenvalue weighted by Gasteiger charge is -2.11. The quantitative estimate of drug-likeness (QED) is 0.841. The van der Waals surface area contributed by atoms with Crippen molar-refractivity contribution in [3.63, 3.8) is 0 Å². The number of nitrogens with zero attached hydrogens (tertiary/aromatic N) is 3. The standard InChI is InChI=1S/C13H15N3O3S/c1-16(11(17)8-18-2)13-15-14-12(20-13)9-5-4-6-10(7-9)19-3/h4-7H,8H2,1-3H3. The molecule has 106 valence electrons. The number of aromatic nitrogens is 2. The Balaban J connectivity index is 2.21. The van der Waals surface area contributed by atoms with Gasteiger partial charge in [0.05, 0.1) is 7.11 Å². The number of benzene rings is 1. The third-order valence-corrected chi connectivity index (χ3v) is 3.71. The van der Waals surface area contributed by atoms with Gasteiger partial charge in [-0.05, 0) is 12.1 Å². The van der Waals surface area contributed by atoms with Crippen molar-refractivity contribution in [1.29, 1.82) is 0 Å². The smallest absolute Gasteiger partial charge is 0.254 e. The van der Waals surface area contributed by atoms with Gasteiger partial charge in [0.15, 0.2) is 0 Å². The first-order chi connectivity index (χ1) is 9.65. The molecule has 0 aliphatic heterocycles. The fraction of sp³-hybridized carbons (Fsp3) is 0.308. The highest BCUT2D eigenvalue weighted by Crippen LogP contribution is 2.30. The van der Waals surface area contributed by atoms with Crippen LogP contribution in [0.3, 0.4) is 0 Å². The first-order valence-electron chi connectivity index (χ1n) is 5.89. The van der Waals surface area contributed by atoms with Gasteiger partial charge in [-0.3, -0.25) is 9.69 Å². The summed E-state index contributed by atoms with van der Waals surface area (Å²) < 4.78 is 9.99. The van der Waals surface area contributed by atoms with Crippen LogP contribution in [-0.2, 0) is 9.53 Å². The molecule has 1 amide bonds. The van der Waals surface area contributed by atoms with Gasteiger partial charge in [0.2, 0.25) is 5.13 Å². The van der Waals surface area contributed by atoms with Crippen molar-refractivity contribution in [2.24, 2.45) is 0 Å². The average molecular weight is 293 g/mol. The Morgan fingerprint density at radius 3 is 2.85 bits per heavy atom. The zero-order valence-electron chi connectivity index (χ0n) is 11.5. The van der Waals surface area contributed by atoms with Crippen LogP contribution in [0.4, 0.5) is 5.13 Å². The molecule has 0 spiro atoms. The highest BCUT2D eigenvalue weighted by molar-refractivity contribution is 7.18. The first kappa shape index (κ1) is 14.4. The zero-order chi connectivity index (χ0) is 14.5. The number of hydrogen-bond acceptors (Lipinski definition) is 6. The molecule has 0 radical (unpaired) electrons. The molecule has 6 nitrogen and oxygen atoms in total. The molecule has 0 unspecified atom stereocenters. The summed E-state index contributed by atoms with van der Waals surface area (Å²) in [6.07, 6.45) is 0. The van der Waals surface area contributed by atoms with Crippen molar-refractivity contribution in [2.75, 3.05) is 32.8 Å². The summed E-state index contributed by atoms with van der Waals surface area (Å²) in [7, 11) is 4.74. The number of hydrogen-bond donors (Lipinski definition) is 0. The predicted molar refractivity (Wildman–Crippen MR) is 77.2 cm³/mol. The molecule has 1 aromatic heterocycles. The van der Waals surface area contributed by atoms with Gasteiger partial charge in [-0.25, -0.2) is 0 Å². The lowest BCUT2D eigenvalue weighted by molar-refractivity contribution is -0.121. The third kappa shape index (κ3) is 3.12. The predicted octanol–water partition coefficient (Wildman–Crippen LogP) is 1.82. The fourth-order valence-corrected chi connectivity index (χ4v) is 2.37. The lowest BCUT2D eigenvalue weighted by Crippen LogP contribution is -2.29. The number of anilines is 1. The van der Waals surface area contributed by atoms with Crippen molar-refractivity contribution in [1.82, 2.24) is 10.2 Å². The van der Waals surface area contributed by atoms with E-state index in [1.807, 2.05) is 24.3 Å². The number of likely N-dealkylation sites (N-methyl/N-ethyl adjacent to an activating group) is 1. The maximum absolute atomic E-state index is 11.7. The summed E-state index contributed by atoms with van der Waals surface area (Å²) in [6.45, 7) is 0.0184. The van der Waals surface area contributed by atoms with Gasteiger partial charge < -0.3 is 9.47 Å². The van der Waals surface area contributed by atoms with Crippen LogP contribution in [-0.4, -0.2) is 44.0 Å². The second kappa shape index (κ2) is 6.44. The first-order valence-corrected chi connectivity index (χ1v) is 6.70. The van der Waals surface area contributed by atoms with Gasteiger partial charge in [-0.1, -0.05) is 23.5 Å². The van der Waals surface area contributed by atoms with Crippen LogP contribution in [0, 0.1) is 0 Å². The highest BCUT2D eigenvalue weighted by Gasteiger charge is 2.16. The van der Waals surface area contributed by atoms with Crippen molar-refractivity contribution in [3.05, 3.63) is 24.3 Å². The number of methoxy groups -OCH3 is 2. The Morgan fingerprint density at radius 1 is 1.35 bits per heavy atom. The Hall–Kier alpha value is -1.99. The van der Waals surface area contributed by atoms with E-state index in [2.05, 4.69) is 10.2 Å². The topological polar surface area (TPSA) is 64.5 Å². The molecule has 0 bridgehead atoms. The van der Waals surface area contributed by atoms with Gasteiger partial charge >= 0.3 is 0 Å². The molecule has 2 aromatic rings. The van der Waals surface area contributed by atoms with E-state index in [-0.39, 0.29) is 12.5 Å². The lowest BCUT2D eigenvalue weighted by atomic mass is 10.2.